The number of allylic oxidation sites excluding steroid dienone is 1. The number of aromatic nitrogens is 3. The number of nitrogens with zero attached hydrogens (tertiary/aromatic N) is 3. The van der Waals surface area contributed by atoms with Crippen LogP contribution in [0, 0.1) is 11.3 Å². The van der Waals surface area contributed by atoms with Gasteiger partial charge in [-0.3, -0.25) is 0 Å². The van der Waals surface area contributed by atoms with E-state index < -0.39 is 0 Å². The van der Waals surface area contributed by atoms with Crippen LogP contribution in [0.4, 0.5) is 0 Å². The maximum atomic E-state index is 9.34. The van der Waals surface area contributed by atoms with E-state index in [1.807, 2.05) is 36.4 Å². The van der Waals surface area contributed by atoms with E-state index in [2.05, 4.69) is 21.0 Å². The molecule has 0 fully saturated rings. The molecule has 3 aromatic rings. The second kappa shape index (κ2) is 5.47. The van der Waals surface area contributed by atoms with E-state index in [1.54, 1.807) is 19.4 Å². The molecule has 0 saturated carbocycles. The Bertz CT molecular complexity index is 808. The van der Waals surface area contributed by atoms with Crippen molar-refractivity contribution < 1.29 is 4.74 Å². The van der Waals surface area contributed by atoms with E-state index in [9.17, 15) is 5.26 Å². The summed E-state index contributed by atoms with van der Waals surface area (Å²) in [5.74, 6) is 1.29. The SMILES string of the molecule is COc1ccc(/C=C(/C#N)c2nc3ncccc3[nH]2)cc1. The van der Waals surface area contributed by atoms with Gasteiger partial charge in [0.15, 0.2) is 11.5 Å². The second-order valence-corrected chi connectivity index (χ2v) is 4.40. The highest BCUT2D eigenvalue weighted by Crippen LogP contribution is 2.19. The molecule has 0 bridgehead atoms. The van der Waals surface area contributed by atoms with Crippen molar-refractivity contribution in [3.05, 3.63) is 54.0 Å². The van der Waals surface area contributed by atoms with E-state index in [0.29, 0.717) is 17.0 Å². The molecule has 21 heavy (non-hydrogen) atoms. The third-order valence-electron chi connectivity index (χ3n) is 3.06. The summed E-state index contributed by atoms with van der Waals surface area (Å²) in [6.45, 7) is 0. The fraction of sp³-hybridized carbons (Fsp3) is 0.0625. The predicted molar refractivity (Wildman–Crippen MR) is 80.4 cm³/mol. The molecule has 1 N–H and O–H groups in total. The van der Waals surface area contributed by atoms with E-state index in [-0.39, 0.29) is 0 Å². The molecule has 0 spiro atoms. The van der Waals surface area contributed by atoms with Crippen LogP contribution in [0.5, 0.6) is 5.75 Å². The van der Waals surface area contributed by atoms with Crippen LogP contribution in [0.25, 0.3) is 22.8 Å². The summed E-state index contributed by atoms with van der Waals surface area (Å²) in [6.07, 6.45) is 3.45. The number of H-pyrrole nitrogens is 1. The predicted octanol–water partition coefficient (Wildman–Crippen LogP) is 3.03. The van der Waals surface area contributed by atoms with E-state index in [4.69, 9.17) is 4.74 Å². The molecule has 0 atom stereocenters. The Balaban J connectivity index is 2.00. The number of ether oxygens (including phenoxy) is 1. The van der Waals surface area contributed by atoms with Gasteiger partial charge in [0.25, 0.3) is 0 Å². The van der Waals surface area contributed by atoms with Crippen molar-refractivity contribution in [2.24, 2.45) is 0 Å². The molecular weight excluding hydrogens is 264 g/mol. The van der Waals surface area contributed by atoms with Crippen LogP contribution < -0.4 is 4.74 Å². The third kappa shape index (κ3) is 2.60. The third-order valence-corrected chi connectivity index (χ3v) is 3.06. The first-order valence-corrected chi connectivity index (χ1v) is 6.37. The number of nitrogens with one attached hydrogen (secondary N) is 1. The number of pyridine rings is 1. The lowest BCUT2D eigenvalue weighted by atomic mass is 10.1. The number of nitriles is 1. The molecule has 0 aliphatic rings. The van der Waals surface area contributed by atoms with E-state index in [0.717, 1.165) is 16.8 Å². The van der Waals surface area contributed by atoms with Gasteiger partial charge in [0.2, 0.25) is 0 Å². The topological polar surface area (TPSA) is 74.6 Å². The molecule has 2 aromatic heterocycles. The quantitative estimate of drug-likeness (QED) is 0.746. The Morgan fingerprint density at radius 1 is 1.29 bits per heavy atom. The summed E-state index contributed by atoms with van der Waals surface area (Å²) in [4.78, 5) is 11.6. The Morgan fingerprint density at radius 2 is 2.10 bits per heavy atom. The highest BCUT2D eigenvalue weighted by Gasteiger charge is 2.08. The molecule has 102 valence electrons. The Hall–Kier alpha value is -3.13. The first-order chi connectivity index (χ1) is 10.3. The molecule has 5 nitrogen and oxygen atoms in total. The van der Waals surface area contributed by atoms with Crippen LogP contribution in [0.2, 0.25) is 0 Å². The van der Waals surface area contributed by atoms with Crippen molar-refractivity contribution >= 4 is 22.8 Å². The molecule has 1 aromatic carbocycles. The molecular formula is C16H12N4O. The molecule has 0 aliphatic carbocycles. The summed E-state index contributed by atoms with van der Waals surface area (Å²) in [7, 11) is 1.62. The first-order valence-electron chi connectivity index (χ1n) is 6.37. The smallest absolute Gasteiger partial charge is 0.178 e. The molecule has 0 amide bonds. The Kier molecular flexibility index (Phi) is 3.36. The summed E-state index contributed by atoms with van der Waals surface area (Å²) >= 11 is 0. The minimum atomic E-state index is 0.457. The van der Waals surface area contributed by atoms with Crippen molar-refractivity contribution in [1.82, 2.24) is 15.0 Å². The largest absolute Gasteiger partial charge is 0.497 e. The summed E-state index contributed by atoms with van der Waals surface area (Å²) in [5, 5.41) is 9.34. The van der Waals surface area contributed by atoms with Crippen molar-refractivity contribution in [1.29, 1.82) is 5.26 Å². The summed E-state index contributed by atoms with van der Waals surface area (Å²) in [6, 6.07) is 13.3. The fourth-order valence-corrected chi connectivity index (χ4v) is 1.99. The van der Waals surface area contributed by atoms with Crippen LogP contribution >= 0.6 is 0 Å². The van der Waals surface area contributed by atoms with Crippen LogP contribution in [0.1, 0.15) is 11.4 Å². The van der Waals surface area contributed by atoms with Gasteiger partial charge in [-0.25, -0.2) is 9.97 Å². The van der Waals surface area contributed by atoms with E-state index >= 15 is 0 Å². The maximum Gasteiger partial charge on any atom is 0.178 e. The molecule has 0 unspecified atom stereocenters. The number of methoxy groups -OCH3 is 1. The lowest BCUT2D eigenvalue weighted by Crippen LogP contribution is -1.86. The van der Waals surface area contributed by atoms with Gasteiger partial charge in [-0.2, -0.15) is 5.26 Å². The van der Waals surface area contributed by atoms with Crippen molar-refractivity contribution in [3.8, 4) is 11.8 Å². The van der Waals surface area contributed by atoms with Gasteiger partial charge >= 0.3 is 0 Å². The molecule has 0 saturated heterocycles. The Morgan fingerprint density at radius 3 is 2.76 bits per heavy atom. The number of benzene rings is 1. The van der Waals surface area contributed by atoms with E-state index in [1.165, 1.54) is 0 Å². The number of hydrogen-bond donors (Lipinski definition) is 1. The first kappa shape index (κ1) is 12.9. The number of imidazole rings is 1. The van der Waals surface area contributed by atoms with Gasteiger partial charge < -0.3 is 9.72 Å². The lowest BCUT2D eigenvalue weighted by Gasteiger charge is -1.99. The second-order valence-electron chi connectivity index (χ2n) is 4.40. The van der Waals surface area contributed by atoms with Crippen LogP contribution in [0.3, 0.4) is 0 Å². The highest BCUT2D eigenvalue weighted by atomic mass is 16.5. The minimum absolute atomic E-state index is 0.457. The van der Waals surface area contributed by atoms with Gasteiger partial charge in [0, 0.05) is 6.20 Å². The normalized spacial score (nSPS) is 11.3. The number of hydrogen-bond acceptors (Lipinski definition) is 4. The van der Waals surface area contributed by atoms with Gasteiger partial charge in [-0.15, -0.1) is 0 Å². The summed E-state index contributed by atoms with van der Waals surface area (Å²) in [5.41, 5.74) is 2.77. The molecule has 3 rings (SSSR count). The highest BCUT2D eigenvalue weighted by molar-refractivity contribution is 5.89. The molecule has 0 aliphatic heterocycles. The zero-order valence-electron chi connectivity index (χ0n) is 11.4. The van der Waals surface area contributed by atoms with Gasteiger partial charge in [-0.05, 0) is 35.9 Å². The van der Waals surface area contributed by atoms with Crippen LogP contribution in [-0.2, 0) is 0 Å². The van der Waals surface area contributed by atoms with Gasteiger partial charge in [0.1, 0.15) is 11.8 Å². The van der Waals surface area contributed by atoms with Crippen molar-refractivity contribution in [3.63, 3.8) is 0 Å². The van der Waals surface area contributed by atoms with Crippen LogP contribution in [0.15, 0.2) is 42.6 Å². The number of aromatic amines is 1. The number of rotatable bonds is 3. The summed E-state index contributed by atoms with van der Waals surface area (Å²) < 4.78 is 5.11. The standard InChI is InChI=1S/C16H12N4O/c1-21-13-6-4-11(5-7-13)9-12(10-17)15-19-14-3-2-8-18-16(14)20-15/h2-9H,1H3,(H,18,19,20)/b12-9-. The van der Waals surface area contributed by atoms with Gasteiger partial charge in [-0.1, -0.05) is 12.1 Å². The number of fused-ring (bicyclic) bond motifs is 1. The average molecular weight is 276 g/mol. The zero-order valence-corrected chi connectivity index (χ0v) is 11.4. The lowest BCUT2D eigenvalue weighted by molar-refractivity contribution is 0.415. The minimum Gasteiger partial charge on any atom is -0.497 e. The molecule has 5 heteroatoms. The van der Waals surface area contributed by atoms with Crippen molar-refractivity contribution in [2.75, 3.05) is 7.11 Å². The van der Waals surface area contributed by atoms with Crippen molar-refractivity contribution in [2.45, 2.75) is 0 Å². The van der Waals surface area contributed by atoms with Crippen LogP contribution in [-0.4, -0.2) is 22.1 Å². The van der Waals surface area contributed by atoms with Gasteiger partial charge in [0.05, 0.1) is 18.2 Å². The molecule has 0 radical (unpaired) electrons. The Labute approximate surface area is 121 Å². The average Bonchev–Trinajstić information content (AvgIpc) is 2.97. The monoisotopic (exact) mass is 276 g/mol. The fourth-order valence-electron chi connectivity index (χ4n) is 1.99. The zero-order chi connectivity index (χ0) is 14.7. The maximum absolute atomic E-state index is 9.34. The molecule has 2 heterocycles.